The number of rotatable bonds is 10. The monoisotopic (exact) mass is 455 g/mol. The maximum absolute atomic E-state index is 10.7. The number of carboxylic acids is 1. The van der Waals surface area contributed by atoms with E-state index in [4.69, 9.17) is 26.2 Å². The van der Waals surface area contributed by atoms with Gasteiger partial charge in [0, 0.05) is 12.8 Å². The quantitative estimate of drug-likeness (QED) is 0.447. The highest BCUT2D eigenvalue weighted by Gasteiger charge is 2.17. The average molecular weight is 456 g/mol. The van der Waals surface area contributed by atoms with Crippen LogP contribution in [0.4, 0.5) is 0 Å². The second-order valence-electron chi connectivity index (χ2n) is 7.77. The second kappa shape index (κ2) is 10.5. The third kappa shape index (κ3) is 5.59. The molecular weight excluding hydrogens is 430 g/mol. The molecule has 0 saturated carbocycles. The number of carboxylic acid groups (broad SMARTS) is 1. The van der Waals surface area contributed by atoms with Gasteiger partial charge in [-0.3, -0.25) is 4.79 Å². The fourth-order valence-electron chi connectivity index (χ4n) is 3.68. The fraction of sp³-hybridized carbons (Fsp3) is 0.375. The van der Waals surface area contributed by atoms with Gasteiger partial charge in [0.2, 0.25) is 0 Å². The van der Waals surface area contributed by atoms with Crippen LogP contribution in [-0.2, 0) is 24.1 Å². The summed E-state index contributed by atoms with van der Waals surface area (Å²) in [6.07, 6.45) is 5.49. The molecule has 1 aromatic heterocycles. The molecule has 0 aliphatic heterocycles. The molecule has 8 heteroatoms. The SMILES string of the molecule is O=C(O)CCc1ccc(OCCCOc2ccccc2-n2nc3c(n2)CCCC3)c(Cl)c1. The molecule has 0 saturated heterocycles. The molecule has 168 valence electrons. The van der Waals surface area contributed by atoms with Crippen molar-refractivity contribution in [2.24, 2.45) is 0 Å². The van der Waals surface area contributed by atoms with Crippen molar-refractivity contribution in [3.8, 4) is 17.2 Å². The smallest absolute Gasteiger partial charge is 0.303 e. The Kier molecular flexibility index (Phi) is 7.27. The molecule has 0 unspecified atom stereocenters. The molecule has 0 bridgehead atoms. The third-order valence-electron chi connectivity index (χ3n) is 5.35. The van der Waals surface area contributed by atoms with E-state index in [0.29, 0.717) is 36.8 Å². The van der Waals surface area contributed by atoms with E-state index in [1.165, 1.54) is 12.8 Å². The van der Waals surface area contributed by atoms with E-state index in [9.17, 15) is 4.79 Å². The Hall–Kier alpha value is -3.06. The predicted octanol–water partition coefficient (Wildman–Crippen LogP) is 4.66. The zero-order chi connectivity index (χ0) is 22.3. The van der Waals surface area contributed by atoms with Crippen molar-refractivity contribution in [1.82, 2.24) is 15.0 Å². The second-order valence-corrected chi connectivity index (χ2v) is 8.17. The van der Waals surface area contributed by atoms with E-state index in [1.807, 2.05) is 30.3 Å². The average Bonchev–Trinajstić information content (AvgIpc) is 3.23. The maximum Gasteiger partial charge on any atom is 0.303 e. The standard InChI is InChI=1S/C24H26ClN3O4/c25-18-16-17(11-13-24(29)30)10-12-22(18)31-14-5-15-32-23-9-4-3-8-21(23)28-26-19-6-1-2-7-20(19)27-28/h3-4,8-10,12,16H,1-2,5-7,11,13-15H2,(H,29,30). The van der Waals surface area contributed by atoms with Crippen LogP contribution in [-0.4, -0.2) is 39.3 Å². The molecule has 1 heterocycles. The van der Waals surface area contributed by atoms with Gasteiger partial charge in [-0.2, -0.15) is 10.2 Å². The summed E-state index contributed by atoms with van der Waals surface area (Å²) in [5.74, 6) is 0.490. The summed E-state index contributed by atoms with van der Waals surface area (Å²) in [4.78, 5) is 12.4. The highest BCUT2D eigenvalue weighted by molar-refractivity contribution is 6.32. The summed E-state index contributed by atoms with van der Waals surface area (Å²) in [6.45, 7) is 0.928. The molecule has 3 aromatic rings. The Bertz CT molecular complexity index is 1060. The first kappa shape index (κ1) is 22.1. The molecule has 0 fully saturated rings. The van der Waals surface area contributed by atoms with E-state index >= 15 is 0 Å². The summed E-state index contributed by atoms with van der Waals surface area (Å²) in [5, 5.41) is 18.6. The number of halogens is 1. The summed E-state index contributed by atoms with van der Waals surface area (Å²) in [7, 11) is 0. The summed E-state index contributed by atoms with van der Waals surface area (Å²) in [5.41, 5.74) is 3.89. The lowest BCUT2D eigenvalue weighted by Gasteiger charge is -2.12. The number of hydrogen-bond donors (Lipinski definition) is 1. The number of para-hydroxylation sites is 2. The number of fused-ring (bicyclic) bond motifs is 1. The lowest BCUT2D eigenvalue weighted by molar-refractivity contribution is -0.136. The number of benzene rings is 2. The van der Waals surface area contributed by atoms with Gasteiger partial charge >= 0.3 is 5.97 Å². The Morgan fingerprint density at radius 2 is 1.69 bits per heavy atom. The van der Waals surface area contributed by atoms with Crippen molar-refractivity contribution in [2.45, 2.75) is 44.9 Å². The van der Waals surface area contributed by atoms with Crippen molar-refractivity contribution in [1.29, 1.82) is 0 Å². The molecule has 32 heavy (non-hydrogen) atoms. The summed E-state index contributed by atoms with van der Waals surface area (Å²) in [6, 6.07) is 13.1. The minimum absolute atomic E-state index is 0.0754. The van der Waals surface area contributed by atoms with E-state index in [1.54, 1.807) is 16.9 Å². The van der Waals surface area contributed by atoms with Crippen molar-refractivity contribution in [3.63, 3.8) is 0 Å². The lowest BCUT2D eigenvalue weighted by atomic mass is 10.0. The number of nitrogens with zero attached hydrogens (tertiary/aromatic N) is 3. The number of aromatic nitrogens is 3. The summed E-state index contributed by atoms with van der Waals surface area (Å²) < 4.78 is 11.8. The number of hydrogen-bond acceptors (Lipinski definition) is 5. The van der Waals surface area contributed by atoms with Crippen LogP contribution in [0.1, 0.15) is 42.6 Å². The van der Waals surface area contributed by atoms with Gasteiger partial charge in [0.1, 0.15) is 17.2 Å². The van der Waals surface area contributed by atoms with Gasteiger partial charge < -0.3 is 14.6 Å². The van der Waals surface area contributed by atoms with Gasteiger partial charge in [-0.25, -0.2) is 0 Å². The van der Waals surface area contributed by atoms with E-state index < -0.39 is 5.97 Å². The van der Waals surface area contributed by atoms with Crippen LogP contribution in [0.25, 0.3) is 5.69 Å². The van der Waals surface area contributed by atoms with Crippen molar-refractivity contribution in [3.05, 3.63) is 64.4 Å². The molecule has 7 nitrogen and oxygen atoms in total. The molecule has 1 N–H and O–H groups in total. The number of carbonyl (C=O) groups is 1. The molecule has 1 aliphatic carbocycles. The van der Waals surface area contributed by atoms with Crippen LogP contribution >= 0.6 is 11.6 Å². The van der Waals surface area contributed by atoms with Crippen LogP contribution in [0.15, 0.2) is 42.5 Å². The first-order valence-electron chi connectivity index (χ1n) is 10.9. The Balaban J connectivity index is 1.28. The van der Waals surface area contributed by atoms with Crippen molar-refractivity contribution in [2.75, 3.05) is 13.2 Å². The summed E-state index contributed by atoms with van der Waals surface area (Å²) >= 11 is 6.26. The van der Waals surface area contributed by atoms with Crippen LogP contribution in [0.3, 0.4) is 0 Å². The normalized spacial score (nSPS) is 12.9. The van der Waals surface area contributed by atoms with Crippen LogP contribution in [0.5, 0.6) is 11.5 Å². The zero-order valence-corrected chi connectivity index (χ0v) is 18.6. The first-order chi connectivity index (χ1) is 15.6. The number of aliphatic carboxylic acids is 1. The third-order valence-corrected chi connectivity index (χ3v) is 5.64. The molecule has 0 amide bonds. The van der Waals surface area contributed by atoms with Gasteiger partial charge in [0.15, 0.2) is 0 Å². The molecule has 4 rings (SSSR count). The number of aryl methyl sites for hydroxylation is 3. The van der Waals surface area contributed by atoms with E-state index in [0.717, 1.165) is 41.2 Å². The van der Waals surface area contributed by atoms with Crippen LogP contribution in [0.2, 0.25) is 5.02 Å². The minimum atomic E-state index is -0.828. The lowest BCUT2D eigenvalue weighted by Crippen LogP contribution is -2.08. The van der Waals surface area contributed by atoms with Gasteiger partial charge in [-0.1, -0.05) is 29.8 Å². The van der Waals surface area contributed by atoms with Gasteiger partial charge in [0.25, 0.3) is 0 Å². The van der Waals surface area contributed by atoms with Gasteiger partial charge in [-0.05, 0) is 61.9 Å². The first-order valence-corrected chi connectivity index (χ1v) is 11.3. The molecule has 0 radical (unpaired) electrons. The zero-order valence-electron chi connectivity index (χ0n) is 17.8. The van der Waals surface area contributed by atoms with Gasteiger partial charge in [-0.15, -0.1) is 4.80 Å². The minimum Gasteiger partial charge on any atom is -0.492 e. The fourth-order valence-corrected chi connectivity index (χ4v) is 3.94. The van der Waals surface area contributed by atoms with E-state index in [2.05, 4.69) is 10.2 Å². The molecule has 0 spiro atoms. The Morgan fingerprint density at radius 3 is 2.38 bits per heavy atom. The molecule has 0 atom stereocenters. The Morgan fingerprint density at radius 1 is 1.00 bits per heavy atom. The number of ether oxygens (including phenoxy) is 2. The largest absolute Gasteiger partial charge is 0.492 e. The molecular formula is C24H26ClN3O4. The van der Waals surface area contributed by atoms with E-state index in [-0.39, 0.29) is 6.42 Å². The highest BCUT2D eigenvalue weighted by Crippen LogP contribution is 2.27. The molecule has 1 aliphatic rings. The predicted molar refractivity (Wildman–Crippen MR) is 121 cm³/mol. The van der Waals surface area contributed by atoms with Crippen LogP contribution < -0.4 is 9.47 Å². The molecule has 2 aromatic carbocycles. The van der Waals surface area contributed by atoms with Crippen LogP contribution in [0, 0.1) is 0 Å². The maximum atomic E-state index is 10.7. The van der Waals surface area contributed by atoms with Crippen molar-refractivity contribution >= 4 is 17.6 Å². The van der Waals surface area contributed by atoms with Gasteiger partial charge in [0.05, 0.1) is 29.6 Å². The van der Waals surface area contributed by atoms with Crippen molar-refractivity contribution < 1.29 is 19.4 Å². The highest BCUT2D eigenvalue weighted by atomic mass is 35.5. The Labute approximate surface area is 191 Å². The topological polar surface area (TPSA) is 86.5 Å².